The Bertz CT molecular complexity index is 740. The number of hydrazone groups is 1. The number of benzene rings is 2. The molecule has 0 radical (unpaired) electrons. The summed E-state index contributed by atoms with van der Waals surface area (Å²) in [5.41, 5.74) is 3.46. The summed E-state index contributed by atoms with van der Waals surface area (Å²) in [6.07, 6.45) is 1.45. The topological polar surface area (TPSA) is 59.9 Å². The van der Waals surface area contributed by atoms with Crippen LogP contribution in [0.4, 0.5) is 0 Å². The van der Waals surface area contributed by atoms with Crippen LogP contribution in [0.5, 0.6) is 11.5 Å². The van der Waals surface area contributed by atoms with Crippen LogP contribution in [-0.2, 0) is 0 Å². The lowest BCUT2D eigenvalue weighted by atomic mass is 10.2. The number of ether oxygens (including phenoxy) is 2. The number of hydrogen-bond acceptors (Lipinski definition) is 4. The molecular weight excluding hydrogens is 351 g/mol. The molecule has 0 fully saturated rings. The highest BCUT2D eigenvalue weighted by Crippen LogP contribution is 2.33. The maximum atomic E-state index is 12.1. The molecule has 7 heteroatoms. The number of nitrogens with one attached hydrogen (secondary N) is 1. The molecule has 0 unspecified atom stereocenters. The van der Waals surface area contributed by atoms with Crippen molar-refractivity contribution in [1.29, 1.82) is 0 Å². The summed E-state index contributed by atoms with van der Waals surface area (Å²) in [6.45, 7) is 2.30. The Balaban J connectivity index is 2.10. The lowest BCUT2D eigenvalue weighted by Gasteiger charge is -2.08. The van der Waals surface area contributed by atoms with E-state index in [1.165, 1.54) is 13.3 Å². The summed E-state index contributed by atoms with van der Waals surface area (Å²) in [7, 11) is 1.50. The van der Waals surface area contributed by atoms with Crippen molar-refractivity contribution in [3.63, 3.8) is 0 Å². The third-order valence-corrected chi connectivity index (χ3v) is 3.60. The maximum absolute atomic E-state index is 12.1. The predicted molar refractivity (Wildman–Crippen MR) is 95.7 cm³/mol. The number of amides is 1. The zero-order valence-electron chi connectivity index (χ0n) is 13.2. The highest BCUT2D eigenvalue weighted by molar-refractivity contribution is 6.37. The van der Waals surface area contributed by atoms with E-state index in [0.717, 1.165) is 0 Å². The number of nitrogens with zero attached hydrogens (tertiary/aromatic N) is 1. The molecule has 0 heterocycles. The first-order valence-corrected chi connectivity index (χ1v) is 7.90. The molecule has 0 bridgehead atoms. The molecule has 2 aromatic carbocycles. The van der Waals surface area contributed by atoms with Gasteiger partial charge in [0.2, 0.25) is 0 Å². The summed E-state index contributed by atoms with van der Waals surface area (Å²) >= 11 is 12.2. The smallest absolute Gasteiger partial charge is 0.275 e. The minimum Gasteiger partial charge on any atom is -0.496 e. The van der Waals surface area contributed by atoms with Crippen molar-refractivity contribution in [2.45, 2.75) is 6.92 Å². The largest absolute Gasteiger partial charge is 0.496 e. The van der Waals surface area contributed by atoms with E-state index in [9.17, 15) is 4.79 Å². The van der Waals surface area contributed by atoms with E-state index < -0.39 is 0 Å². The predicted octanol–water partition coefficient (Wildman–Crippen LogP) is 4.16. The van der Waals surface area contributed by atoms with Crippen LogP contribution in [0.25, 0.3) is 0 Å². The monoisotopic (exact) mass is 366 g/mol. The summed E-state index contributed by atoms with van der Waals surface area (Å²) in [5, 5.41) is 4.67. The lowest BCUT2D eigenvalue weighted by molar-refractivity contribution is 0.0952. The van der Waals surface area contributed by atoms with Crippen molar-refractivity contribution in [3.05, 3.63) is 57.6 Å². The fourth-order valence-electron chi connectivity index (χ4n) is 1.99. The minimum absolute atomic E-state index is 0.377. The van der Waals surface area contributed by atoms with Gasteiger partial charge in [0.25, 0.3) is 5.91 Å². The molecule has 0 aliphatic carbocycles. The third-order valence-electron chi connectivity index (χ3n) is 3.04. The van der Waals surface area contributed by atoms with Crippen molar-refractivity contribution < 1.29 is 14.3 Å². The Morgan fingerprint density at radius 2 is 1.92 bits per heavy atom. The van der Waals surface area contributed by atoms with E-state index in [0.29, 0.717) is 39.3 Å². The number of hydrogen-bond donors (Lipinski definition) is 1. The van der Waals surface area contributed by atoms with Crippen LogP contribution in [0.2, 0.25) is 10.0 Å². The standard InChI is InChI=1S/C17H16Cl2N2O3/c1-3-24-16-13(18)8-11(9-14(16)19)10-20-21-17(22)12-6-4-5-7-15(12)23-2/h4-10H,3H2,1-2H3,(H,21,22)/b20-10+. The molecule has 1 amide bonds. The van der Waals surface area contributed by atoms with Crippen molar-refractivity contribution in [2.24, 2.45) is 5.10 Å². The third kappa shape index (κ3) is 4.40. The van der Waals surface area contributed by atoms with Gasteiger partial charge >= 0.3 is 0 Å². The van der Waals surface area contributed by atoms with Gasteiger partial charge in [0.05, 0.1) is 35.5 Å². The Morgan fingerprint density at radius 1 is 1.25 bits per heavy atom. The van der Waals surface area contributed by atoms with Crippen LogP contribution < -0.4 is 14.9 Å². The molecule has 0 aromatic heterocycles. The summed E-state index contributed by atoms with van der Waals surface area (Å²) in [4.78, 5) is 12.1. The highest BCUT2D eigenvalue weighted by atomic mass is 35.5. The Morgan fingerprint density at radius 3 is 2.54 bits per heavy atom. The van der Waals surface area contributed by atoms with E-state index in [-0.39, 0.29) is 5.91 Å². The summed E-state index contributed by atoms with van der Waals surface area (Å²) in [5.74, 6) is 0.514. The fraction of sp³-hybridized carbons (Fsp3) is 0.176. The second-order valence-corrected chi connectivity index (χ2v) is 5.46. The molecule has 0 aliphatic heterocycles. The molecule has 0 aliphatic rings. The SMILES string of the molecule is CCOc1c(Cl)cc(/C=N/NC(=O)c2ccccc2OC)cc1Cl. The zero-order chi connectivity index (χ0) is 17.5. The summed E-state index contributed by atoms with van der Waals surface area (Å²) in [6, 6.07) is 10.2. The number of rotatable bonds is 6. The van der Waals surface area contributed by atoms with E-state index in [4.69, 9.17) is 32.7 Å². The van der Waals surface area contributed by atoms with Gasteiger partial charge in [-0.25, -0.2) is 5.43 Å². The van der Waals surface area contributed by atoms with Crippen LogP contribution in [0.3, 0.4) is 0 Å². The van der Waals surface area contributed by atoms with Crippen LogP contribution >= 0.6 is 23.2 Å². The van der Waals surface area contributed by atoms with Gasteiger partial charge < -0.3 is 9.47 Å². The average molecular weight is 367 g/mol. The molecule has 5 nitrogen and oxygen atoms in total. The van der Waals surface area contributed by atoms with Crippen molar-refractivity contribution >= 4 is 35.3 Å². The molecule has 2 aromatic rings. The Kier molecular flexibility index (Phi) is 6.46. The second-order valence-electron chi connectivity index (χ2n) is 4.65. The Hall–Kier alpha value is -2.24. The number of para-hydroxylation sites is 1. The number of halogens is 2. The van der Waals surface area contributed by atoms with Gasteiger partial charge in [0.15, 0.2) is 5.75 Å². The zero-order valence-corrected chi connectivity index (χ0v) is 14.7. The van der Waals surface area contributed by atoms with Gasteiger partial charge in [-0.2, -0.15) is 5.10 Å². The normalized spacial score (nSPS) is 10.7. The first-order chi connectivity index (χ1) is 11.6. The molecule has 24 heavy (non-hydrogen) atoms. The van der Waals surface area contributed by atoms with Crippen molar-refractivity contribution in [2.75, 3.05) is 13.7 Å². The van der Waals surface area contributed by atoms with E-state index in [1.807, 2.05) is 6.92 Å². The van der Waals surface area contributed by atoms with Gasteiger partial charge in [-0.15, -0.1) is 0 Å². The molecule has 1 N–H and O–H groups in total. The van der Waals surface area contributed by atoms with E-state index in [1.54, 1.807) is 36.4 Å². The molecule has 0 saturated carbocycles. The van der Waals surface area contributed by atoms with E-state index in [2.05, 4.69) is 10.5 Å². The average Bonchev–Trinajstić information content (AvgIpc) is 2.58. The van der Waals surface area contributed by atoms with Gasteiger partial charge in [-0.05, 0) is 36.8 Å². The number of methoxy groups -OCH3 is 1. The van der Waals surface area contributed by atoms with Crippen LogP contribution in [0, 0.1) is 0 Å². The van der Waals surface area contributed by atoms with Gasteiger partial charge in [-0.3, -0.25) is 4.79 Å². The van der Waals surface area contributed by atoms with Crippen LogP contribution in [0.1, 0.15) is 22.8 Å². The maximum Gasteiger partial charge on any atom is 0.275 e. The second kappa shape index (κ2) is 8.57. The molecule has 0 saturated heterocycles. The molecule has 0 spiro atoms. The first kappa shape index (κ1) is 18.1. The van der Waals surface area contributed by atoms with Gasteiger partial charge in [0.1, 0.15) is 5.75 Å². The quantitative estimate of drug-likeness (QED) is 0.616. The fourth-order valence-corrected chi connectivity index (χ4v) is 2.61. The first-order valence-electron chi connectivity index (χ1n) is 7.15. The van der Waals surface area contributed by atoms with Crippen molar-refractivity contribution in [1.82, 2.24) is 5.43 Å². The lowest BCUT2D eigenvalue weighted by Crippen LogP contribution is -2.18. The minimum atomic E-state index is -0.383. The van der Waals surface area contributed by atoms with Crippen molar-refractivity contribution in [3.8, 4) is 11.5 Å². The molecule has 2 rings (SSSR count). The molecule has 126 valence electrons. The molecular formula is C17H16Cl2N2O3. The van der Waals surface area contributed by atoms with Crippen LogP contribution in [0.15, 0.2) is 41.5 Å². The number of carbonyl (C=O) groups excluding carboxylic acids is 1. The van der Waals surface area contributed by atoms with Gasteiger partial charge in [0, 0.05) is 0 Å². The summed E-state index contributed by atoms with van der Waals surface area (Å²) < 4.78 is 10.5. The van der Waals surface area contributed by atoms with E-state index >= 15 is 0 Å². The Labute approximate surface area is 150 Å². The van der Waals surface area contributed by atoms with Crippen LogP contribution in [-0.4, -0.2) is 25.8 Å². The number of carbonyl (C=O) groups is 1. The van der Waals surface area contributed by atoms with Gasteiger partial charge in [-0.1, -0.05) is 35.3 Å². The highest BCUT2D eigenvalue weighted by Gasteiger charge is 2.11. The molecule has 0 atom stereocenters.